The summed E-state index contributed by atoms with van der Waals surface area (Å²) in [4.78, 5) is 82.3. The van der Waals surface area contributed by atoms with E-state index in [1.54, 1.807) is 97.0 Å². The second-order valence-electron chi connectivity index (χ2n) is 40.8. The number of hydrogen-bond donors (Lipinski definition) is 23. The molecule has 3 aromatic rings. The first-order valence-corrected chi connectivity index (χ1v) is 48.8. The van der Waals surface area contributed by atoms with Crippen LogP contribution in [0.4, 0.5) is 19.2 Å². The van der Waals surface area contributed by atoms with Gasteiger partial charge in [0.15, 0.2) is 60.5 Å². The van der Waals surface area contributed by atoms with Crippen molar-refractivity contribution in [2.24, 2.45) is 40.7 Å². The molecule has 51 heteroatoms. The number of nitrogens with one attached hydrogen (secondary N) is 4. The van der Waals surface area contributed by atoms with Crippen LogP contribution in [0.15, 0.2) is 91.0 Å². The number of benzene rings is 3. The van der Waals surface area contributed by atoms with Gasteiger partial charge in [-0.2, -0.15) is 0 Å². The van der Waals surface area contributed by atoms with Crippen molar-refractivity contribution >= 4 is 35.9 Å². The number of nitrogens with two attached hydrogens (primary N) is 4. The maximum atomic E-state index is 14.1. The van der Waals surface area contributed by atoms with Crippen molar-refractivity contribution in [1.82, 2.24) is 31.1 Å². The minimum Gasteiger partial charge on any atom is -0.445 e. The zero-order valence-corrected chi connectivity index (χ0v) is 84.0. The third-order valence-corrected chi connectivity index (χ3v) is 27.6. The Morgan fingerprint density at radius 3 is 1.37 bits per heavy atom. The number of aliphatic hydroxyl groups excluding tert-OH is 13. The quantitative estimate of drug-likeness (QED) is 0.0146. The second-order valence-corrected chi connectivity index (χ2v) is 40.8. The summed E-state index contributed by atoms with van der Waals surface area (Å²) in [6.07, 6.45) is -41.4. The molecule has 0 spiro atoms. The smallest absolute Gasteiger partial charge is 0.410 e. The number of likely N-dealkylation sites (tertiary alicyclic amines) is 2. The molecule has 0 radical (unpaired) electrons. The molecule has 1 unspecified atom stereocenters. The SMILES string of the molecule is CC(C)(C)OC(=O)N1CC(O)(C(=O)C[C@@H]2C[C@H](N)[C@@H](O[C@H]3O[C@H](CNCCO)[C@@H](O)C[C@H]3N)[C@H](O[C@@H]3O[C@H](CO)[C@@H](O[C@H]4O[C@@H](CN)[C@@H](O)[C@H](O)[C@H]4N)[C@H]3O)[C@H]2O)C1.C[C@H]1C[C@@H](CC(=O)C2(O)CN(C(=O)OC(C)(C)C)C2)[C@H](O)[C@@H](O[C@@H]2O[C@H](CO)[C@@H](O[C@H]3O[C@H]4CCC(c5ccccc5)O[C@H]4[C@H](O)[C@H]3NC(=O)OCc3ccccc3)[C@H]2O)[C@@H]1O[C@H]1O[C@H](CNCCO)[C@@H](O)C[C@H]1NC(=O)OCc1ccccc1.O.O.[Pd]. The molecule has 4 amide bonds. The van der Waals surface area contributed by atoms with E-state index in [4.69, 9.17) is 103 Å². The minimum absolute atomic E-state index is 0. The number of β-amino-alcohol motifs (C(OH)–C–C–N with tert-alkyl or cyclic N) is 2. The molecule has 31 N–H and O–H groups in total. The number of aliphatic hydroxyl groups is 15. The van der Waals surface area contributed by atoms with Gasteiger partial charge >= 0.3 is 24.4 Å². The fraction of sp³-hybridized carbons (Fsp3) is 0.747. The maximum Gasteiger partial charge on any atom is 0.410 e. The molecule has 9 saturated heterocycles. The van der Waals surface area contributed by atoms with Crippen molar-refractivity contribution in [1.29, 1.82) is 0 Å². The molecule has 2 saturated carbocycles. The molecule has 0 bridgehead atoms. The Bertz CT molecular complexity index is 4530. The molecule has 11 fully saturated rings. The Hall–Kier alpha value is -6.70. The van der Waals surface area contributed by atoms with Crippen LogP contribution >= 0.6 is 0 Å². The Kier molecular flexibility index (Phi) is 44.6. The summed E-state index contributed by atoms with van der Waals surface area (Å²) in [6.45, 7) is 8.82. The number of fused-ring (bicyclic) bond motifs is 1. The van der Waals surface area contributed by atoms with Gasteiger partial charge in [-0.05, 0) is 108 Å². The number of ether oxygens (including phenoxy) is 17. The molecule has 11 aliphatic rings. The molecule has 830 valence electrons. The fourth-order valence-electron chi connectivity index (χ4n) is 19.8. The molecule has 9 heterocycles. The van der Waals surface area contributed by atoms with Crippen LogP contribution < -0.4 is 44.2 Å². The van der Waals surface area contributed by atoms with Crippen LogP contribution in [0.2, 0.25) is 0 Å². The summed E-state index contributed by atoms with van der Waals surface area (Å²) in [5.74, 6) is -3.90. The van der Waals surface area contributed by atoms with Gasteiger partial charge in [-0.15, -0.1) is 0 Å². The van der Waals surface area contributed by atoms with Crippen molar-refractivity contribution in [2.75, 3.05) is 85.3 Å². The molecule has 146 heavy (non-hydrogen) atoms. The van der Waals surface area contributed by atoms with Gasteiger partial charge in [0.05, 0.1) is 126 Å². The number of ketones is 2. The number of rotatable bonds is 36. The van der Waals surface area contributed by atoms with E-state index in [0.717, 1.165) is 5.56 Å². The van der Waals surface area contributed by atoms with E-state index >= 15 is 0 Å². The minimum atomic E-state index is -1.97. The Morgan fingerprint density at radius 2 is 0.884 bits per heavy atom. The van der Waals surface area contributed by atoms with Crippen LogP contribution in [0.25, 0.3) is 0 Å². The number of hydrogen-bond acceptors (Lipinski definition) is 44. The normalized spacial score (nSPS) is 37.2. The summed E-state index contributed by atoms with van der Waals surface area (Å²) in [7, 11) is 0. The maximum absolute atomic E-state index is 14.1. The largest absolute Gasteiger partial charge is 0.445 e. The first-order valence-electron chi connectivity index (χ1n) is 48.8. The number of alkyl carbamates (subject to hydrolysis) is 2. The predicted molar refractivity (Wildman–Crippen MR) is 499 cm³/mol. The first kappa shape index (κ1) is 121. The van der Waals surface area contributed by atoms with Gasteiger partial charge in [-0.1, -0.05) is 97.9 Å². The molecular formula is C95H150N10O40Pd. The van der Waals surface area contributed by atoms with Gasteiger partial charge in [0.2, 0.25) is 0 Å². The molecule has 50 nitrogen and oxygen atoms in total. The van der Waals surface area contributed by atoms with Crippen molar-refractivity contribution in [3.8, 4) is 0 Å². The average molecular weight is 2180 g/mol. The molecule has 0 aromatic heterocycles. The van der Waals surface area contributed by atoms with Crippen LogP contribution in [-0.2, 0) is 124 Å². The van der Waals surface area contributed by atoms with E-state index in [1.807, 2.05) is 42.5 Å². The van der Waals surface area contributed by atoms with E-state index in [-0.39, 0.29) is 142 Å². The summed E-state index contributed by atoms with van der Waals surface area (Å²) in [6, 6.07) is 21.7. The number of amides is 4. The monoisotopic (exact) mass is 2180 g/mol. The number of Topliss-reactive ketones (excluding diaryl/α,β-unsaturated/α-hetero) is 2. The summed E-state index contributed by atoms with van der Waals surface area (Å²) in [5, 5.41) is 177. The molecule has 37 atom stereocenters. The van der Waals surface area contributed by atoms with Gasteiger partial charge in [-0.3, -0.25) is 9.59 Å². The van der Waals surface area contributed by atoms with Gasteiger partial charge in [0.25, 0.3) is 0 Å². The van der Waals surface area contributed by atoms with Crippen LogP contribution in [0.3, 0.4) is 0 Å². The van der Waals surface area contributed by atoms with Crippen molar-refractivity contribution in [3.05, 3.63) is 108 Å². The van der Waals surface area contributed by atoms with E-state index < -0.39 is 310 Å². The summed E-state index contributed by atoms with van der Waals surface area (Å²) < 4.78 is 103. The van der Waals surface area contributed by atoms with Gasteiger partial charge in [0.1, 0.15) is 116 Å². The number of nitrogens with zero attached hydrogens (tertiary/aromatic N) is 2. The third-order valence-electron chi connectivity index (χ3n) is 27.6. The van der Waals surface area contributed by atoms with Gasteiger partial charge in [0, 0.05) is 78.5 Å². The Morgan fingerprint density at radius 1 is 0.452 bits per heavy atom. The molecule has 3 aromatic carbocycles. The molecular weight excluding hydrogens is 2030 g/mol. The zero-order valence-electron chi connectivity index (χ0n) is 82.4. The number of carbonyl (C=O) groups is 6. The molecule has 14 rings (SSSR count). The van der Waals surface area contributed by atoms with E-state index in [1.165, 1.54) is 9.80 Å². The van der Waals surface area contributed by atoms with E-state index in [0.29, 0.717) is 24.0 Å². The molecule has 2 aliphatic carbocycles. The van der Waals surface area contributed by atoms with E-state index in [9.17, 15) is 105 Å². The van der Waals surface area contributed by atoms with Gasteiger partial charge < -0.3 is 222 Å². The Labute approximate surface area is 857 Å². The number of carbonyl (C=O) groups excluding carboxylic acids is 6. The first-order chi connectivity index (χ1) is 67.9. The van der Waals surface area contributed by atoms with Crippen molar-refractivity contribution < 1.29 is 217 Å². The standard InChI is InChI=1S/C60H82N4O21.C35H64N6O17.2H2O.Pd/c1-33-24-37(25-44(68)60(75)31-64(32-60)58(74)85-59(2,3)4)46(69)52(49(33)82-53-38(26-39(67)42(80-53)27-61-22-23-65)62-56(72)76-29-34-14-8-5-9-15-34)84-55-48(71)51(43(28-66)81-55)83-54-45(63-57(73)77-30-35-16-10-6-11-17-35)47(70)50-41(79-54)21-20-40(78-50)36-18-12-7-13-19-36;1-34(2,3)58-33(50)41-12-35(51,13-41)21(45)7-14-6-15(37)27(55-30-16(38)8-17(44)19(53-30)10-40-4-5-42)29(23(14)46)57-32-26(49)28(20(11-43)54-32)56-31-22(39)25(48)24(47)18(9-36)52-31;;;/h5-19,33,37-43,45-55,61,65-67,69-71,75H,20-32H2,1-4H3,(H,62,72)(H,63,73);14-20,22-32,40,42-44,46-49,51H,4-13,36-39H2,1-3H3;2*1H2;/t33-,37-,38+,39-,40?,41-,42+,43+,45+,46-,47+,48+,49+,50+,51+,52+,53+,54+,55-;14-,15-,16+,17-,18-,19+,20+,22+,23-,24+,25+,26+,27+,28+,29+,30+,31+,32-;;;/m00.../s1. The second kappa shape index (κ2) is 53.7. The van der Waals surface area contributed by atoms with Crippen LogP contribution in [0, 0.1) is 17.8 Å². The van der Waals surface area contributed by atoms with Crippen LogP contribution in [0.5, 0.6) is 0 Å². The van der Waals surface area contributed by atoms with Crippen LogP contribution in [0.1, 0.15) is 123 Å². The Balaban J connectivity index is 0.000000314. The molecule has 9 aliphatic heterocycles. The van der Waals surface area contributed by atoms with Crippen molar-refractivity contribution in [3.63, 3.8) is 0 Å². The van der Waals surface area contributed by atoms with Crippen molar-refractivity contribution in [2.45, 2.75) is 344 Å². The van der Waals surface area contributed by atoms with E-state index in [2.05, 4.69) is 21.3 Å². The fourth-order valence-corrected chi connectivity index (χ4v) is 19.8. The predicted octanol–water partition coefficient (Wildman–Crippen LogP) is -6.83. The van der Waals surface area contributed by atoms with Gasteiger partial charge in [-0.25, -0.2) is 19.2 Å². The van der Waals surface area contributed by atoms with Crippen LogP contribution in [-0.4, -0.2) is 443 Å². The summed E-state index contributed by atoms with van der Waals surface area (Å²) >= 11 is 0. The average Bonchev–Trinajstić information content (AvgIpc) is 1.70. The topological polar surface area (TPSA) is 784 Å². The zero-order chi connectivity index (χ0) is 103. The summed E-state index contributed by atoms with van der Waals surface area (Å²) in [5.41, 5.74) is 21.5. The third kappa shape index (κ3) is 30.3.